The second-order valence-corrected chi connectivity index (χ2v) is 9.73. The number of hydrogen-bond acceptors (Lipinski definition) is 5. The highest BCUT2D eigenvalue weighted by atomic mass is 35.5. The van der Waals surface area contributed by atoms with Crippen molar-refractivity contribution in [3.8, 4) is 6.07 Å². The van der Waals surface area contributed by atoms with Gasteiger partial charge in [0.05, 0.1) is 17.4 Å². The van der Waals surface area contributed by atoms with Crippen LogP contribution in [0.15, 0.2) is 42.6 Å². The minimum Gasteiger partial charge on any atom is -0.465 e. The molecule has 1 N–H and O–H groups in total. The van der Waals surface area contributed by atoms with E-state index in [1.165, 1.54) is 4.90 Å². The Morgan fingerprint density at radius 2 is 1.88 bits per heavy atom. The van der Waals surface area contributed by atoms with Crippen LogP contribution in [0.4, 0.5) is 10.5 Å². The Balaban J connectivity index is 1.47. The molecular weight excluding hydrogens is 454 g/mol. The molecule has 0 aliphatic carbocycles. The molecule has 0 unspecified atom stereocenters. The fourth-order valence-electron chi connectivity index (χ4n) is 5.15. The molecule has 2 fully saturated rings. The predicted octanol–water partition coefficient (Wildman–Crippen LogP) is 3.82. The molecule has 9 heteroatoms. The molecule has 4 rings (SSSR count). The van der Waals surface area contributed by atoms with Crippen LogP contribution in [0, 0.1) is 17.2 Å². The Hall–Kier alpha value is -3.31. The summed E-state index contributed by atoms with van der Waals surface area (Å²) in [7, 11) is 1.57. The van der Waals surface area contributed by atoms with Gasteiger partial charge in [-0.3, -0.25) is 4.79 Å². The number of likely N-dealkylation sites (N-methyl/N-ethyl adjacent to an activating group) is 1. The molecule has 2 aliphatic heterocycles. The smallest absolute Gasteiger partial charge is 0.407 e. The maximum absolute atomic E-state index is 13.5. The van der Waals surface area contributed by atoms with Crippen LogP contribution < -0.4 is 4.90 Å². The van der Waals surface area contributed by atoms with E-state index < -0.39 is 11.6 Å². The van der Waals surface area contributed by atoms with E-state index in [-0.39, 0.29) is 17.7 Å². The highest BCUT2D eigenvalue weighted by Gasteiger charge is 2.50. The number of hydrogen-bond donors (Lipinski definition) is 1. The van der Waals surface area contributed by atoms with Gasteiger partial charge in [0.1, 0.15) is 11.8 Å². The monoisotopic (exact) mass is 481 g/mol. The number of amides is 2. The topological polar surface area (TPSA) is 101 Å². The molecule has 34 heavy (non-hydrogen) atoms. The van der Waals surface area contributed by atoms with Crippen LogP contribution in [0.25, 0.3) is 0 Å². The Morgan fingerprint density at radius 3 is 2.44 bits per heavy atom. The Labute approximate surface area is 204 Å². The zero-order chi connectivity index (χ0) is 24.5. The summed E-state index contributed by atoms with van der Waals surface area (Å²) in [6, 6.07) is 13.0. The lowest BCUT2D eigenvalue weighted by Gasteiger charge is -2.38. The number of aromatic nitrogens is 1. The zero-order valence-electron chi connectivity index (χ0n) is 19.3. The van der Waals surface area contributed by atoms with Gasteiger partial charge >= 0.3 is 6.09 Å². The Kier molecular flexibility index (Phi) is 6.67. The lowest BCUT2D eigenvalue weighted by molar-refractivity contribution is -0.135. The van der Waals surface area contributed by atoms with Crippen molar-refractivity contribution in [2.75, 3.05) is 38.1 Å². The number of carbonyl (C=O) groups excluding carboxylic acids is 1. The molecule has 0 radical (unpaired) electrons. The number of anilines is 1. The van der Waals surface area contributed by atoms with Gasteiger partial charge in [0, 0.05) is 50.1 Å². The average Bonchev–Trinajstić information content (AvgIpc) is 3.22. The number of nitriles is 1. The van der Waals surface area contributed by atoms with Crippen LogP contribution in [0.5, 0.6) is 0 Å². The number of pyridine rings is 1. The summed E-state index contributed by atoms with van der Waals surface area (Å²) in [5, 5.41) is 19.3. The van der Waals surface area contributed by atoms with Gasteiger partial charge < -0.3 is 19.8 Å². The summed E-state index contributed by atoms with van der Waals surface area (Å²) < 4.78 is 0. The predicted molar refractivity (Wildman–Crippen MR) is 129 cm³/mol. The number of likely N-dealkylation sites (tertiary alicyclic amines) is 1. The van der Waals surface area contributed by atoms with Crippen LogP contribution in [0.3, 0.4) is 0 Å². The number of nitrogens with zero attached hydrogens (tertiary/aromatic N) is 5. The van der Waals surface area contributed by atoms with Crippen molar-refractivity contribution in [1.82, 2.24) is 14.8 Å². The fourth-order valence-corrected chi connectivity index (χ4v) is 5.27. The number of benzene rings is 1. The molecule has 8 nitrogen and oxygen atoms in total. The zero-order valence-corrected chi connectivity index (χ0v) is 20.1. The minimum atomic E-state index is -1.01. The van der Waals surface area contributed by atoms with Crippen molar-refractivity contribution >= 4 is 29.3 Å². The van der Waals surface area contributed by atoms with E-state index in [0.29, 0.717) is 36.6 Å². The van der Waals surface area contributed by atoms with Gasteiger partial charge in [-0.15, -0.1) is 0 Å². The molecule has 2 aliphatic rings. The quantitative estimate of drug-likeness (QED) is 0.712. The number of halogens is 1. The Morgan fingerprint density at radius 1 is 1.21 bits per heavy atom. The molecule has 178 valence electrons. The molecular formula is C25H28ClN5O3. The van der Waals surface area contributed by atoms with E-state index in [1.54, 1.807) is 31.4 Å². The number of rotatable bonds is 4. The summed E-state index contributed by atoms with van der Waals surface area (Å²) in [4.78, 5) is 34.9. The van der Waals surface area contributed by atoms with E-state index in [2.05, 4.69) is 9.88 Å². The summed E-state index contributed by atoms with van der Waals surface area (Å²) in [5.74, 6) is -0.176. The van der Waals surface area contributed by atoms with Gasteiger partial charge in [0.2, 0.25) is 5.91 Å². The maximum atomic E-state index is 13.5. The third kappa shape index (κ3) is 4.53. The van der Waals surface area contributed by atoms with Crippen LogP contribution in [0.1, 0.15) is 36.9 Å². The van der Waals surface area contributed by atoms with Crippen molar-refractivity contribution in [2.45, 2.75) is 31.2 Å². The first-order valence-electron chi connectivity index (χ1n) is 11.3. The fraction of sp³-hybridized carbons (Fsp3) is 0.440. The standard InChI is InChI=1S/C25H28ClN5O3/c1-25(29(2)24(33)34)16-31(15-22(25)17-3-5-19(26)6-4-17)23(32)18-9-11-30(12-10-18)21-8-7-20(13-27)28-14-21/h3-8,14,18,22H,9-12,15-16H2,1-2H3,(H,33,34)/t22-,25+/m1/s1. The molecule has 0 bridgehead atoms. The molecule has 3 heterocycles. The lowest BCUT2D eigenvalue weighted by Crippen LogP contribution is -2.52. The van der Waals surface area contributed by atoms with Gasteiger partial charge in [0.15, 0.2) is 0 Å². The van der Waals surface area contributed by atoms with Crippen molar-refractivity contribution in [3.63, 3.8) is 0 Å². The first kappa shape index (κ1) is 23.8. The molecule has 2 saturated heterocycles. The van der Waals surface area contributed by atoms with Gasteiger partial charge in [-0.1, -0.05) is 23.7 Å². The summed E-state index contributed by atoms with van der Waals surface area (Å²) >= 11 is 6.06. The average molecular weight is 482 g/mol. The molecule has 0 spiro atoms. The van der Waals surface area contributed by atoms with E-state index in [1.807, 2.05) is 36.1 Å². The van der Waals surface area contributed by atoms with Crippen LogP contribution in [0.2, 0.25) is 5.02 Å². The SMILES string of the molecule is CN(C(=O)O)[C@@]1(C)CN(C(=O)C2CCN(c3ccc(C#N)nc3)CC2)C[C@@H]1c1ccc(Cl)cc1. The van der Waals surface area contributed by atoms with Crippen molar-refractivity contribution in [1.29, 1.82) is 5.26 Å². The van der Waals surface area contributed by atoms with E-state index in [9.17, 15) is 14.7 Å². The van der Waals surface area contributed by atoms with Gasteiger partial charge in [-0.25, -0.2) is 9.78 Å². The third-order valence-electron chi connectivity index (χ3n) is 7.37. The van der Waals surface area contributed by atoms with E-state index in [4.69, 9.17) is 16.9 Å². The summed E-state index contributed by atoms with van der Waals surface area (Å²) in [6.07, 6.45) is 2.12. The maximum Gasteiger partial charge on any atom is 0.407 e. The molecule has 2 amide bonds. The number of piperidine rings is 1. The van der Waals surface area contributed by atoms with Crippen LogP contribution >= 0.6 is 11.6 Å². The molecule has 0 saturated carbocycles. The van der Waals surface area contributed by atoms with Crippen molar-refractivity contribution < 1.29 is 14.7 Å². The molecule has 1 aromatic heterocycles. The van der Waals surface area contributed by atoms with Gasteiger partial charge in [0.25, 0.3) is 0 Å². The van der Waals surface area contributed by atoms with Crippen LogP contribution in [-0.4, -0.2) is 70.7 Å². The first-order valence-corrected chi connectivity index (χ1v) is 11.7. The van der Waals surface area contributed by atoms with Gasteiger partial charge in [-0.2, -0.15) is 5.26 Å². The second kappa shape index (κ2) is 9.51. The summed E-state index contributed by atoms with van der Waals surface area (Å²) in [6.45, 7) is 4.18. The third-order valence-corrected chi connectivity index (χ3v) is 7.63. The normalized spacial score (nSPS) is 22.9. The summed E-state index contributed by atoms with van der Waals surface area (Å²) in [5.41, 5.74) is 1.56. The van der Waals surface area contributed by atoms with Crippen molar-refractivity contribution in [3.05, 3.63) is 58.9 Å². The second-order valence-electron chi connectivity index (χ2n) is 9.30. The van der Waals surface area contributed by atoms with Crippen LogP contribution in [-0.2, 0) is 4.79 Å². The molecule has 2 atom stereocenters. The largest absolute Gasteiger partial charge is 0.465 e. The highest BCUT2D eigenvalue weighted by molar-refractivity contribution is 6.30. The highest BCUT2D eigenvalue weighted by Crippen LogP contribution is 2.41. The minimum absolute atomic E-state index is 0.0825. The van der Waals surface area contributed by atoms with Crippen molar-refractivity contribution in [2.24, 2.45) is 5.92 Å². The number of carboxylic acid groups (broad SMARTS) is 1. The van der Waals surface area contributed by atoms with Gasteiger partial charge in [-0.05, 0) is 49.6 Å². The molecule has 1 aromatic carbocycles. The Bertz CT molecular complexity index is 1090. The lowest BCUT2D eigenvalue weighted by atomic mass is 9.82. The number of carbonyl (C=O) groups is 2. The van der Waals surface area contributed by atoms with E-state index >= 15 is 0 Å². The molecule has 2 aromatic rings. The first-order chi connectivity index (χ1) is 16.2. The van der Waals surface area contributed by atoms with E-state index in [0.717, 1.165) is 24.3 Å².